The SMILES string of the molecule is Cl.NC1CC(Oc2cnc(F)c(F)c2)C1. The van der Waals surface area contributed by atoms with Crippen molar-refractivity contribution in [2.24, 2.45) is 5.73 Å². The summed E-state index contributed by atoms with van der Waals surface area (Å²) in [4.78, 5) is 3.21. The minimum atomic E-state index is -1.11. The Kier molecular flexibility index (Phi) is 3.82. The first-order valence-electron chi connectivity index (χ1n) is 4.38. The maximum Gasteiger partial charge on any atom is 0.249 e. The van der Waals surface area contributed by atoms with Gasteiger partial charge in [-0.1, -0.05) is 0 Å². The van der Waals surface area contributed by atoms with Crippen molar-refractivity contribution in [3.05, 3.63) is 24.0 Å². The highest BCUT2D eigenvalue weighted by atomic mass is 35.5. The van der Waals surface area contributed by atoms with Crippen LogP contribution < -0.4 is 10.5 Å². The fraction of sp³-hybridized carbons (Fsp3) is 0.444. The zero-order valence-electron chi connectivity index (χ0n) is 7.82. The fourth-order valence-electron chi connectivity index (χ4n) is 1.36. The van der Waals surface area contributed by atoms with Crippen LogP contribution in [-0.4, -0.2) is 17.1 Å². The minimum Gasteiger partial charge on any atom is -0.489 e. The number of halogens is 3. The van der Waals surface area contributed by atoms with Crippen molar-refractivity contribution < 1.29 is 13.5 Å². The smallest absolute Gasteiger partial charge is 0.249 e. The van der Waals surface area contributed by atoms with E-state index < -0.39 is 11.8 Å². The van der Waals surface area contributed by atoms with Crippen LogP contribution in [0.15, 0.2) is 12.3 Å². The molecule has 2 rings (SSSR count). The lowest BCUT2D eigenvalue weighted by molar-refractivity contribution is 0.0997. The zero-order valence-corrected chi connectivity index (χ0v) is 8.64. The molecule has 1 saturated carbocycles. The van der Waals surface area contributed by atoms with Gasteiger partial charge in [-0.2, -0.15) is 4.39 Å². The molecule has 1 fully saturated rings. The number of rotatable bonds is 2. The lowest BCUT2D eigenvalue weighted by Crippen LogP contribution is -2.43. The maximum absolute atomic E-state index is 12.7. The van der Waals surface area contributed by atoms with Crippen LogP contribution >= 0.6 is 12.4 Å². The molecular weight excluding hydrogens is 226 g/mol. The molecule has 0 unspecified atom stereocenters. The Morgan fingerprint density at radius 1 is 1.40 bits per heavy atom. The quantitative estimate of drug-likeness (QED) is 0.795. The molecule has 0 atom stereocenters. The van der Waals surface area contributed by atoms with Gasteiger partial charge in [0.05, 0.1) is 6.20 Å². The van der Waals surface area contributed by atoms with Gasteiger partial charge in [-0.3, -0.25) is 0 Å². The number of nitrogens with two attached hydrogens (primary N) is 1. The number of ether oxygens (including phenoxy) is 1. The molecule has 1 aliphatic carbocycles. The van der Waals surface area contributed by atoms with E-state index in [0.717, 1.165) is 18.9 Å². The van der Waals surface area contributed by atoms with E-state index in [9.17, 15) is 8.78 Å². The topological polar surface area (TPSA) is 48.1 Å². The molecule has 0 spiro atoms. The normalized spacial score (nSPS) is 23.9. The van der Waals surface area contributed by atoms with Gasteiger partial charge >= 0.3 is 0 Å². The minimum absolute atomic E-state index is 0. The predicted octanol–water partition coefficient (Wildman–Crippen LogP) is 1.65. The van der Waals surface area contributed by atoms with Crippen LogP contribution in [0.2, 0.25) is 0 Å². The second-order valence-corrected chi connectivity index (χ2v) is 3.41. The molecule has 1 aliphatic rings. The first-order valence-corrected chi connectivity index (χ1v) is 4.38. The molecule has 2 N–H and O–H groups in total. The van der Waals surface area contributed by atoms with Crippen molar-refractivity contribution in [3.63, 3.8) is 0 Å². The van der Waals surface area contributed by atoms with E-state index in [0.29, 0.717) is 0 Å². The molecule has 1 heterocycles. The van der Waals surface area contributed by atoms with Gasteiger partial charge in [-0.15, -0.1) is 12.4 Å². The summed E-state index contributed by atoms with van der Waals surface area (Å²) in [5.74, 6) is -1.85. The van der Waals surface area contributed by atoms with E-state index in [1.807, 2.05) is 0 Å². The average molecular weight is 237 g/mol. The Morgan fingerprint density at radius 3 is 2.60 bits per heavy atom. The summed E-state index contributed by atoms with van der Waals surface area (Å²) in [5.41, 5.74) is 5.55. The van der Waals surface area contributed by atoms with Crippen LogP contribution in [0.1, 0.15) is 12.8 Å². The maximum atomic E-state index is 12.7. The molecule has 0 aromatic carbocycles. The second-order valence-electron chi connectivity index (χ2n) is 3.41. The Morgan fingerprint density at radius 2 is 2.07 bits per heavy atom. The van der Waals surface area contributed by atoms with Crippen LogP contribution in [0.5, 0.6) is 5.75 Å². The molecule has 6 heteroatoms. The van der Waals surface area contributed by atoms with Crippen molar-refractivity contribution in [3.8, 4) is 5.75 Å². The number of pyridine rings is 1. The standard InChI is InChI=1S/C9H10F2N2O.ClH/c10-8-3-7(4-13-9(8)11)14-6-1-5(12)2-6;/h3-6H,1-2,12H2;1H. The van der Waals surface area contributed by atoms with E-state index in [1.54, 1.807) is 0 Å². The Balaban J connectivity index is 0.00000112. The summed E-state index contributed by atoms with van der Waals surface area (Å²) in [7, 11) is 0. The van der Waals surface area contributed by atoms with E-state index in [4.69, 9.17) is 10.5 Å². The molecule has 1 aromatic rings. The van der Waals surface area contributed by atoms with Crippen LogP contribution in [0.25, 0.3) is 0 Å². The third-order valence-electron chi connectivity index (χ3n) is 2.21. The first kappa shape index (κ1) is 12.1. The molecule has 0 saturated heterocycles. The largest absolute Gasteiger partial charge is 0.489 e. The van der Waals surface area contributed by atoms with Gasteiger partial charge in [0.1, 0.15) is 11.9 Å². The van der Waals surface area contributed by atoms with Crippen molar-refractivity contribution in [1.82, 2.24) is 4.98 Å². The molecule has 1 aromatic heterocycles. The van der Waals surface area contributed by atoms with Crippen LogP contribution in [0.4, 0.5) is 8.78 Å². The first-order chi connectivity index (χ1) is 6.65. The summed E-state index contributed by atoms with van der Waals surface area (Å²) in [5, 5.41) is 0. The van der Waals surface area contributed by atoms with Crippen molar-refractivity contribution in [2.45, 2.75) is 25.0 Å². The van der Waals surface area contributed by atoms with Gasteiger partial charge in [0.2, 0.25) is 5.95 Å². The monoisotopic (exact) mass is 236 g/mol. The summed E-state index contributed by atoms with van der Waals surface area (Å²) in [6.45, 7) is 0. The lowest BCUT2D eigenvalue weighted by atomic mass is 9.90. The third kappa shape index (κ3) is 2.76. The molecule has 15 heavy (non-hydrogen) atoms. The summed E-state index contributed by atoms with van der Waals surface area (Å²) in [6.07, 6.45) is 2.68. The number of nitrogens with zero attached hydrogens (tertiary/aromatic N) is 1. The molecule has 0 bridgehead atoms. The van der Waals surface area contributed by atoms with Crippen molar-refractivity contribution >= 4 is 12.4 Å². The van der Waals surface area contributed by atoms with Crippen molar-refractivity contribution in [2.75, 3.05) is 0 Å². The molecule has 84 valence electrons. The number of hydrogen-bond acceptors (Lipinski definition) is 3. The summed E-state index contributed by atoms with van der Waals surface area (Å²) in [6, 6.07) is 1.16. The molecular formula is C9H11ClF2N2O. The Bertz CT molecular complexity index is 345. The average Bonchev–Trinajstić information content (AvgIpc) is 2.09. The van der Waals surface area contributed by atoms with Crippen LogP contribution in [-0.2, 0) is 0 Å². The van der Waals surface area contributed by atoms with E-state index in [-0.39, 0.29) is 30.3 Å². The van der Waals surface area contributed by atoms with Crippen molar-refractivity contribution in [1.29, 1.82) is 0 Å². The highest BCUT2D eigenvalue weighted by Crippen LogP contribution is 2.24. The van der Waals surface area contributed by atoms with Gasteiger partial charge in [0.15, 0.2) is 5.82 Å². The second kappa shape index (κ2) is 4.72. The van der Waals surface area contributed by atoms with Gasteiger partial charge in [-0.25, -0.2) is 9.37 Å². The summed E-state index contributed by atoms with van der Waals surface area (Å²) < 4.78 is 30.4. The van der Waals surface area contributed by atoms with Crippen LogP contribution in [0, 0.1) is 11.8 Å². The molecule has 3 nitrogen and oxygen atoms in total. The van der Waals surface area contributed by atoms with E-state index in [2.05, 4.69) is 4.98 Å². The van der Waals surface area contributed by atoms with Crippen LogP contribution in [0.3, 0.4) is 0 Å². The van der Waals surface area contributed by atoms with Gasteiger partial charge in [0.25, 0.3) is 0 Å². The lowest BCUT2D eigenvalue weighted by Gasteiger charge is -2.32. The highest BCUT2D eigenvalue weighted by molar-refractivity contribution is 5.85. The third-order valence-corrected chi connectivity index (χ3v) is 2.21. The molecule has 0 amide bonds. The van der Waals surface area contributed by atoms with E-state index >= 15 is 0 Å². The van der Waals surface area contributed by atoms with E-state index in [1.165, 1.54) is 6.20 Å². The Hall–Kier alpha value is -0.940. The fourth-order valence-corrected chi connectivity index (χ4v) is 1.36. The number of hydrogen-bond donors (Lipinski definition) is 1. The molecule has 0 radical (unpaired) electrons. The number of aromatic nitrogens is 1. The highest BCUT2D eigenvalue weighted by Gasteiger charge is 2.27. The van der Waals surface area contributed by atoms with Gasteiger partial charge in [-0.05, 0) is 12.8 Å². The van der Waals surface area contributed by atoms with Gasteiger partial charge < -0.3 is 10.5 Å². The Labute approximate surface area is 92.0 Å². The zero-order chi connectivity index (χ0) is 10.1. The van der Waals surface area contributed by atoms with Gasteiger partial charge in [0, 0.05) is 12.1 Å². The summed E-state index contributed by atoms with van der Waals surface area (Å²) >= 11 is 0. The predicted molar refractivity (Wildman–Crippen MR) is 53.0 cm³/mol. The molecule has 0 aliphatic heterocycles.